The summed E-state index contributed by atoms with van der Waals surface area (Å²) in [7, 11) is 0. The summed E-state index contributed by atoms with van der Waals surface area (Å²) in [5, 5.41) is 3.31. The third-order valence-corrected chi connectivity index (χ3v) is 4.64. The summed E-state index contributed by atoms with van der Waals surface area (Å²) in [5.41, 5.74) is 1.10. The highest BCUT2D eigenvalue weighted by atomic mass is 79.9. The first-order valence-corrected chi connectivity index (χ1v) is 8.14. The molecule has 2 rings (SSSR count). The molecule has 0 atom stereocenters. The van der Waals surface area contributed by atoms with Crippen molar-refractivity contribution in [3.05, 3.63) is 52.6 Å². The maximum atomic E-state index is 4.61. The van der Waals surface area contributed by atoms with Crippen LogP contribution >= 0.6 is 27.7 Å². The molecule has 0 spiro atoms. The zero-order chi connectivity index (χ0) is 13.5. The van der Waals surface area contributed by atoms with Crippen LogP contribution in [0.4, 0.5) is 5.82 Å². The average Bonchev–Trinajstić information content (AvgIpc) is 2.45. The fourth-order valence-electron chi connectivity index (χ4n) is 1.62. The van der Waals surface area contributed by atoms with Gasteiger partial charge in [0.1, 0.15) is 5.82 Å². The highest BCUT2D eigenvalue weighted by Crippen LogP contribution is 2.29. The van der Waals surface area contributed by atoms with Gasteiger partial charge >= 0.3 is 0 Å². The fraction of sp³-hybridized carbons (Fsp3) is 0.267. The number of nitrogens with zero attached hydrogens (tertiary/aromatic N) is 1. The normalized spacial score (nSPS) is 10.4. The molecule has 100 valence electrons. The van der Waals surface area contributed by atoms with Gasteiger partial charge in [-0.3, -0.25) is 0 Å². The molecule has 2 aromatic rings. The number of thioether (sulfide) groups is 1. The molecule has 1 N–H and O–H groups in total. The molecule has 2 nitrogen and oxygen atoms in total. The van der Waals surface area contributed by atoms with E-state index >= 15 is 0 Å². The van der Waals surface area contributed by atoms with Crippen LogP contribution in [0.1, 0.15) is 19.0 Å². The molecule has 0 bridgehead atoms. The molecule has 0 aliphatic carbocycles. The van der Waals surface area contributed by atoms with E-state index in [9.17, 15) is 0 Å². The molecule has 0 aliphatic rings. The maximum Gasteiger partial charge on any atom is 0.126 e. The molecule has 1 heterocycles. The van der Waals surface area contributed by atoms with E-state index in [0.29, 0.717) is 0 Å². The van der Waals surface area contributed by atoms with Gasteiger partial charge in [-0.1, -0.05) is 25.1 Å². The van der Waals surface area contributed by atoms with Gasteiger partial charge in [-0.05, 0) is 46.6 Å². The molecule has 1 aromatic heterocycles. The van der Waals surface area contributed by atoms with Crippen LogP contribution in [-0.2, 0) is 5.75 Å². The van der Waals surface area contributed by atoms with Gasteiger partial charge in [0.05, 0.1) is 5.69 Å². The molecule has 1 aromatic carbocycles. The monoisotopic (exact) mass is 336 g/mol. The second kappa shape index (κ2) is 7.56. The van der Waals surface area contributed by atoms with E-state index in [4.69, 9.17) is 0 Å². The van der Waals surface area contributed by atoms with E-state index in [1.54, 1.807) is 11.8 Å². The summed E-state index contributed by atoms with van der Waals surface area (Å²) < 4.78 is 1.14. The van der Waals surface area contributed by atoms with Crippen molar-refractivity contribution in [3.63, 3.8) is 0 Å². The Bertz CT molecular complexity index is 531. The SMILES string of the molecule is CCCNc1cccc(CSc2ccccc2Br)n1. The second-order valence-electron chi connectivity index (χ2n) is 4.16. The van der Waals surface area contributed by atoms with E-state index in [2.05, 4.69) is 63.5 Å². The number of hydrogen-bond acceptors (Lipinski definition) is 3. The number of aromatic nitrogens is 1. The van der Waals surface area contributed by atoms with Crippen LogP contribution in [0.3, 0.4) is 0 Å². The highest BCUT2D eigenvalue weighted by Gasteiger charge is 2.02. The van der Waals surface area contributed by atoms with Gasteiger partial charge in [0.25, 0.3) is 0 Å². The third kappa shape index (κ3) is 4.55. The fourth-order valence-corrected chi connectivity index (χ4v) is 3.10. The first kappa shape index (κ1) is 14.4. The number of rotatable bonds is 6. The number of nitrogens with one attached hydrogen (secondary N) is 1. The Balaban J connectivity index is 1.98. The lowest BCUT2D eigenvalue weighted by molar-refractivity contribution is 0.965. The number of halogens is 1. The third-order valence-electron chi connectivity index (χ3n) is 2.58. The Morgan fingerprint density at radius 1 is 1.16 bits per heavy atom. The Kier molecular flexibility index (Phi) is 5.73. The number of benzene rings is 1. The summed E-state index contributed by atoms with van der Waals surface area (Å²) in [5.74, 6) is 1.84. The van der Waals surface area contributed by atoms with Crippen molar-refractivity contribution in [2.24, 2.45) is 0 Å². The standard InChI is InChI=1S/C15H17BrN2S/c1-2-10-17-15-9-5-6-12(18-15)11-19-14-8-4-3-7-13(14)16/h3-9H,2,10-11H2,1H3,(H,17,18). The maximum absolute atomic E-state index is 4.61. The van der Waals surface area contributed by atoms with Crippen molar-refractivity contribution in [3.8, 4) is 0 Å². The average molecular weight is 337 g/mol. The molecular formula is C15H17BrN2S. The van der Waals surface area contributed by atoms with Gasteiger partial charge in [-0.15, -0.1) is 11.8 Å². The summed E-state index contributed by atoms with van der Waals surface area (Å²) >= 11 is 5.36. The predicted octanol–water partition coefficient (Wildman–Crippen LogP) is 4.96. The quantitative estimate of drug-likeness (QED) is 0.754. The van der Waals surface area contributed by atoms with Crippen LogP contribution in [-0.4, -0.2) is 11.5 Å². The minimum Gasteiger partial charge on any atom is -0.370 e. The van der Waals surface area contributed by atoms with E-state index in [-0.39, 0.29) is 0 Å². The minimum absolute atomic E-state index is 0.879. The van der Waals surface area contributed by atoms with E-state index in [1.807, 2.05) is 12.1 Å². The Morgan fingerprint density at radius 3 is 2.79 bits per heavy atom. The van der Waals surface area contributed by atoms with Crippen LogP contribution in [0.15, 0.2) is 51.8 Å². The Morgan fingerprint density at radius 2 is 2.00 bits per heavy atom. The van der Waals surface area contributed by atoms with Crippen LogP contribution in [0, 0.1) is 0 Å². The first-order valence-electron chi connectivity index (χ1n) is 6.36. The van der Waals surface area contributed by atoms with Gasteiger partial charge in [0.2, 0.25) is 0 Å². The van der Waals surface area contributed by atoms with E-state index < -0.39 is 0 Å². The molecule has 4 heteroatoms. The lowest BCUT2D eigenvalue weighted by atomic mass is 10.3. The van der Waals surface area contributed by atoms with Crippen molar-refractivity contribution in [2.45, 2.75) is 24.0 Å². The van der Waals surface area contributed by atoms with E-state index in [0.717, 1.165) is 34.7 Å². The molecule has 19 heavy (non-hydrogen) atoms. The topological polar surface area (TPSA) is 24.9 Å². The highest BCUT2D eigenvalue weighted by molar-refractivity contribution is 9.10. The zero-order valence-electron chi connectivity index (χ0n) is 10.9. The van der Waals surface area contributed by atoms with Crippen molar-refractivity contribution < 1.29 is 0 Å². The predicted molar refractivity (Wildman–Crippen MR) is 86.7 cm³/mol. The van der Waals surface area contributed by atoms with Gasteiger partial charge in [-0.2, -0.15) is 0 Å². The van der Waals surface area contributed by atoms with E-state index in [1.165, 1.54) is 4.90 Å². The number of hydrogen-bond donors (Lipinski definition) is 1. The summed E-state index contributed by atoms with van der Waals surface area (Å²) in [4.78, 5) is 5.85. The van der Waals surface area contributed by atoms with Gasteiger partial charge in [0, 0.05) is 21.7 Å². The minimum atomic E-state index is 0.879. The molecule has 0 fully saturated rings. The lowest BCUT2D eigenvalue weighted by Crippen LogP contribution is -2.02. The van der Waals surface area contributed by atoms with Crippen LogP contribution < -0.4 is 5.32 Å². The smallest absolute Gasteiger partial charge is 0.126 e. The summed E-state index contributed by atoms with van der Waals surface area (Å²) in [6, 6.07) is 14.4. The molecule has 0 unspecified atom stereocenters. The van der Waals surface area contributed by atoms with Crippen molar-refractivity contribution >= 4 is 33.5 Å². The molecule has 0 saturated carbocycles. The largest absolute Gasteiger partial charge is 0.370 e. The molecule has 0 aliphatic heterocycles. The van der Waals surface area contributed by atoms with Gasteiger partial charge in [-0.25, -0.2) is 4.98 Å². The van der Waals surface area contributed by atoms with Crippen LogP contribution in [0.2, 0.25) is 0 Å². The summed E-state index contributed by atoms with van der Waals surface area (Å²) in [6.45, 7) is 3.12. The molecule has 0 saturated heterocycles. The van der Waals surface area contributed by atoms with Crippen LogP contribution in [0.25, 0.3) is 0 Å². The molecular weight excluding hydrogens is 320 g/mol. The number of pyridine rings is 1. The summed E-state index contributed by atoms with van der Waals surface area (Å²) in [6.07, 6.45) is 1.11. The Labute approximate surface area is 127 Å². The van der Waals surface area contributed by atoms with Crippen molar-refractivity contribution in [1.82, 2.24) is 4.98 Å². The van der Waals surface area contributed by atoms with Crippen LogP contribution in [0.5, 0.6) is 0 Å². The second-order valence-corrected chi connectivity index (χ2v) is 6.03. The van der Waals surface area contributed by atoms with Crippen molar-refractivity contribution in [1.29, 1.82) is 0 Å². The lowest BCUT2D eigenvalue weighted by Gasteiger charge is -2.07. The zero-order valence-corrected chi connectivity index (χ0v) is 13.3. The number of anilines is 1. The van der Waals surface area contributed by atoms with Gasteiger partial charge in [0.15, 0.2) is 0 Å². The molecule has 0 radical (unpaired) electrons. The Hall–Kier alpha value is -1.000. The van der Waals surface area contributed by atoms with Crippen molar-refractivity contribution in [2.75, 3.05) is 11.9 Å². The molecule has 0 amide bonds. The first-order chi connectivity index (χ1) is 9.29. The van der Waals surface area contributed by atoms with Gasteiger partial charge < -0.3 is 5.32 Å².